The molecule has 2 aromatic heterocycles. The number of hydrogen-bond acceptors (Lipinski definition) is 6. The molecule has 1 aliphatic heterocycles. The van der Waals surface area contributed by atoms with E-state index >= 15 is 0 Å². The van der Waals surface area contributed by atoms with Gasteiger partial charge >= 0.3 is 0 Å². The summed E-state index contributed by atoms with van der Waals surface area (Å²) in [6.45, 7) is 2.52. The molecule has 1 saturated heterocycles. The number of ether oxygens (including phenoxy) is 1. The predicted molar refractivity (Wildman–Crippen MR) is 105 cm³/mol. The first kappa shape index (κ1) is 18.4. The minimum atomic E-state index is -0.388. The molecule has 8 heteroatoms. The number of nitrogens with two attached hydrogens (primary N) is 1. The first-order valence-corrected chi connectivity index (χ1v) is 9.42. The van der Waals surface area contributed by atoms with Crippen LogP contribution in [0.1, 0.15) is 18.4 Å². The van der Waals surface area contributed by atoms with Crippen molar-refractivity contribution in [3.05, 3.63) is 48.0 Å². The fraction of sp³-hybridized carbons (Fsp3) is 0.350. The SMILES string of the molecule is Cn1nc(N2CCCC2)cc1Oc1cc(F)ccc1-c1ncc(CCN)cn1. The molecule has 0 atom stereocenters. The summed E-state index contributed by atoms with van der Waals surface area (Å²) in [7, 11) is 1.81. The van der Waals surface area contributed by atoms with Crippen molar-refractivity contribution in [2.75, 3.05) is 24.5 Å². The highest BCUT2D eigenvalue weighted by atomic mass is 19.1. The largest absolute Gasteiger partial charge is 0.438 e. The van der Waals surface area contributed by atoms with Crippen molar-refractivity contribution in [3.63, 3.8) is 0 Å². The van der Waals surface area contributed by atoms with Crippen molar-refractivity contribution in [2.24, 2.45) is 12.8 Å². The molecule has 4 rings (SSSR count). The minimum absolute atomic E-state index is 0.350. The van der Waals surface area contributed by atoms with E-state index in [4.69, 9.17) is 10.5 Å². The zero-order valence-electron chi connectivity index (χ0n) is 15.8. The number of hydrogen-bond donors (Lipinski definition) is 1. The van der Waals surface area contributed by atoms with Gasteiger partial charge in [-0.3, -0.25) is 0 Å². The topological polar surface area (TPSA) is 82.1 Å². The summed E-state index contributed by atoms with van der Waals surface area (Å²) in [6.07, 6.45) is 6.51. The Bertz CT molecular complexity index is 950. The lowest BCUT2D eigenvalue weighted by atomic mass is 10.1. The lowest BCUT2D eigenvalue weighted by Gasteiger charge is -2.12. The average Bonchev–Trinajstić information content (AvgIpc) is 3.34. The van der Waals surface area contributed by atoms with Gasteiger partial charge in [-0.05, 0) is 43.5 Å². The van der Waals surface area contributed by atoms with Crippen LogP contribution in [0.2, 0.25) is 0 Å². The van der Waals surface area contributed by atoms with Crippen molar-refractivity contribution in [2.45, 2.75) is 19.3 Å². The molecule has 146 valence electrons. The Hall–Kier alpha value is -3.00. The van der Waals surface area contributed by atoms with Gasteiger partial charge in [-0.25, -0.2) is 19.0 Å². The van der Waals surface area contributed by atoms with Crippen molar-refractivity contribution < 1.29 is 9.13 Å². The smallest absolute Gasteiger partial charge is 0.219 e. The van der Waals surface area contributed by atoms with Crippen LogP contribution in [-0.2, 0) is 13.5 Å². The maximum absolute atomic E-state index is 13.9. The molecule has 7 nitrogen and oxygen atoms in total. The molecule has 3 heterocycles. The van der Waals surface area contributed by atoms with E-state index < -0.39 is 0 Å². The Labute approximate surface area is 163 Å². The Kier molecular flexibility index (Phi) is 5.21. The maximum Gasteiger partial charge on any atom is 0.219 e. The molecule has 1 aromatic carbocycles. The van der Waals surface area contributed by atoms with Crippen LogP contribution in [0.5, 0.6) is 11.6 Å². The van der Waals surface area contributed by atoms with Crippen LogP contribution in [0.25, 0.3) is 11.4 Å². The van der Waals surface area contributed by atoms with Crippen LogP contribution in [-0.4, -0.2) is 39.4 Å². The van der Waals surface area contributed by atoms with Crippen LogP contribution in [0.15, 0.2) is 36.7 Å². The molecule has 0 aliphatic carbocycles. The number of rotatable bonds is 6. The Morgan fingerprint density at radius 1 is 1.14 bits per heavy atom. The van der Waals surface area contributed by atoms with Gasteiger partial charge in [0.25, 0.3) is 0 Å². The second-order valence-corrected chi connectivity index (χ2v) is 6.85. The highest BCUT2D eigenvalue weighted by Gasteiger charge is 2.19. The zero-order valence-corrected chi connectivity index (χ0v) is 15.8. The van der Waals surface area contributed by atoms with E-state index in [1.807, 2.05) is 13.1 Å². The van der Waals surface area contributed by atoms with E-state index in [1.54, 1.807) is 23.1 Å². The van der Waals surface area contributed by atoms with Gasteiger partial charge in [0.05, 0.1) is 5.56 Å². The number of nitrogens with zero attached hydrogens (tertiary/aromatic N) is 5. The molecule has 2 N–H and O–H groups in total. The first-order valence-electron chi connectivity index (χ1n) is 9.42. The van der Waals surface area contributed by atoms with Gasteiger partial charge in [-0.15, -0.1) is 0 Å². The van der Waals surface area contributed by atoms with Crippen LogP contribution in [0, 0.1) is 5.82 Å². The third-order valence-corrected chi connectivity index (χ3v) is 4.79. The summed E-state index contributed by atoms with van der Waals surface area (Å²) in [6, 6.07) is 6.22. The fourth-order valence-corrected chi connectivity index (χ4v) is 3.30. The second-order valence-electron chi connectivity index (χ2n) is 6.85. The lowest BCUT2D eigenvalue weighted by molar-refractivity contribution is 0.428. The Morgan fingerprint density at radius 2 is 1.89 bits per heavy atom. The normalized spacial score (nSPS) is 13.9. The average molecular weight is 382 g/mol. The Morgan fingerprint density at radius 3 is 2.61 bits per heavy atom. The molecule has 0 saturated carbocycles. The molecule has 0 radical (unpaired) electrons. The molecule has 0 spiro atoms. The third kappa shape index (κ3) is 3.82. The minimum Gasteiger partial charge on any atom is -0.438 e. The molecule has 1 fully saturated rings. The lowest BCUT2D eigenvalue weighted by Crippen LogP contribution is -2.18. The molecule has 0 unspecified atom stereocenters. The Balaban J connectivity index is 1.63. The number of aryl methyl sites for hydroxylation is 1. The molecular formula is C20H23FN6O. The van der Waals surface area contributed by atoms with Gasteiger partial charge in [0.15, 0.2) is 11.6 Å². The van der Waals surface area contributed by atoms with Gasteiger partial charge in [0.2, 0.25) is 5.88 Å². The van der Waals surface area contributed by atoms with Crippen molar-refractivity contribution >= 4 is 5.82 Å². The summed E-state index contributed by atoms with van der Waals surface area (Å²) in [4.78, 5) is 11.0. The van der Waals surface area contributed by atoms with E-state index in [-0.39, 0.29) is 5.82 Å². The van der Waals surface area contributed by atoms with Crippen molar-refractivity contribution in [3.8, 4) is 23.0 Å². The number of aromatic nitrogens is 4. The number of halogens is 1. The summed E-state index contributed by atoms with van der Waals surface area (Å²) < 4.78 is 21.6. The quantitative estimate of drug-likeness (QED) is 0.706. The van der Waals surface area contributed by atoms with Gasteiger partial charge in [-0.2, -0.15) is 5.10 Å². The first-order chi connectivity index (χ1) is 13.6. The summed E-state index contributed by atoms with van der Waals surface area (Å²) in [5.74, 6) is 1.84. The number of anilines is 1. The third-order valence-electron chi connectivity index (χ3n) is 4.79. The highest BCUT2D eigenvalue weighted by molar-refractivity contribution is 5.64. The summed E-state index contributed by atoms with van der Waals surface area (Å²) in [5, 5.41) is 4.53. The van der Waals surface area contributed by atoms with Crippen LogP contribution >= 0.6 is 0 Å². The van der Waals surface area contributed by atoms with E-state index in [9.17, 15) is 4.39 Å². The van der Waals surface area contributed by atoms with E-state index in [1.165, 1.54) is 12.1 Å². The van der Waals surface area contributed by atoms with Gasteiger partial charge in [0, 0.05) is 44.7 Å². The van der Waals surface area contributed by atoms with E-state index in [2.05, 4.69) is 20.0 Å². The molecular weight excluding hydrogens is 359 g/mol. The van der Waals surface area contributed by atoms with Gasteiger partial charge < -0.3 is 15.4 Å². The summed E-state index contributed by atoms with van der Waals surface area (Å²) >= 11 is 0. The maximum atomic E-state index is 13.9. The zero-order chi connectivity index (χ0) is 19.5. The van der Waals surface area contributed by atoms with Crippen molar-refractivity contribution in [1.82, 2.24) is 19.7 Å². The fourth-order valence-electron chi connectivity index (χ4n) is 3.30. The van der Waals surface area contributed by atoms with E-state index in [0.717, 1.165) is 37.3 Å². The molecule has 0 amide bonds. The molecule has 1 aliphatic rings. The second kappa shape index (κ2) is 7.93. The predicted octanol–water partition coefficient (Wildman–Crippen LogP) is 2.91. The molecule has 3 aromatic rings. The van der Waals surface area contributed by atoms with Crippen LogP contribution in [0.3, 0.4) is 0 Å². The number of benzene rings is 1. The molecule has 0 bridgehead atoms. The van der Waals surface area contributed by atoms with Crippen LogP contribution in [0.4, 0.5) is 10.2 Å². The standard InChI is InChI=1S/C20H23FN6O/c1-26-19(11-18(25-26)27-8-2-3-9-27)28-17-10-15(21)4-5-16(17)20-23-12-14(6-7-22)13-24-20/h4-5,10-13H,2-3,6-9,22H2,1H3. The van der Waals surface area contributed by atoms with Crippen LogP contribution < -0.4 is 15.4 Å². The monoisotopic (exact) mass is 382 g/mol. The van der Waals surface area contributed by atoms with Gasteiger partial charge in [-0.1, -0.05) is 0 Å². The highest BCUT2D eigenvalue weighted by Crippen LogP contribution is 2.33. The molecule has 28 heavy (non-hydrogen) atoms. The summed E-state index contributed by atoms with van der Waals surface area (Å²) in [5.41, 5.74) is 7.14. The van der Waals surface area contributed by atoms with E-state index in [0.29, 0.717) is 36.0 Å². The van der Waals surface area contributed by atoms with Crippen molar-refractivity contribution in [1.29, 1.82) is 0 Å². The van der Waals surface area contributed by atoms with Gasteiger partial charge in [0.1, 0.15) is 11.6 Å².